The van der Waals surface area contributed by atoms with E-state index in [1.165, 1.54) is 5.56 Å². The number of rotatable bonds is 4. The van der Waals surface area contributed by atoms with E-state index in [4.69, 9.17) is 0 Å². The van der Waals surface area contributed by atoms with Crippen LogP contribution in [-0.4, -0.2) is 21.1 Å². The molecule has 0 aliphatic rings. The molecule has 0 amide bonds. The lowest BCUT2D eigenvalue weighted by Crippen LogP contribution is -2.06. The fourth-order valence-electron chi connectivity index (χ4n) is 1.68. The highest BCUT2D eigenvalue weighted by Gasteiger charge is 1.98. The normalized spacial score (nSPS) is 10.8. The van der Waals surface area contributed by atoms with Crippen molar-refractivity contribution in [3.05, 3.63) is 46.9 Å². The molecule has 0 atom stereocenters. The molecule has 3 aromatic heterocycles. The standard InChI is InChI=1S/C12H12N4S/c1(10-4-8-17-9-10)5-13-11-3-7-16-12(15-11)2-6-14-16/h2-4,6-9H,1,5H2,(H,13,15). The maximum absolute atomic E-state index is 4.45. The molecule has 0 spiro atoms. The topological polar surface area (TPSA) is 42.2 Å². The highest BCUT2D eigenvalue weighted by molar-refractivity contribution is 7.07. The van der Waals surface area contributed by atoms with Crippen LogP contribution in [0.25, 0.3) is 5.65 Å². The van der Waals surface area contributed by atoms with Gasteiger partial charge in [-0.3, -0.25) is 0 Å². The molecule has 0 unspecified atom stereocenters. The first kappa shape index (κ1) is 10.3. The summed E-state index contributed by atoms with van der Waals surface area (Å²) in [7, 11) is 0. The molecule has 0 fully saturated rings. The van der Waals surface area contributed by atoms with Gasteiger partial charge in [-0.1, -0.05) is 0 Å². The van der Waals surface area contributed by atoms with Crippen LogP contribution in [0.3, 0.4) is 0 Å². The smallest absolute Gasteiger partial charge is 0.157 e. The maximum atomic E-state index is 4.45. The molecule has 0 radical (unpaired) electrons. The van der Waals surface area contributed by atoms with Crippen LogP contribution in [0.4, 0.5) is 5.82 Å². The fourth-order valence-corrected chi connectivity index (χ4v) is 2.38. The van der Waals surface area contributed by atoms with E-state index < -0.39 is 0 Å². The van der Waals surface area contributed by atoms with Gasteiger partial charge in [-0.25, -0.2) is 9.50 Å². The Hall–Kier alpha value is -1.88. The maximum Gasteiger partial charge on any atom is 0.157 e. The second kappa shape index (κ2) is 4.55. The largest absolute Gasteiger partial charge is 0.370 e. The molecule has 3 aromatic rings. The minimum atomic E-state index is 0.866. The van der Waals surface area contributed by atoms with Gasteiger partial charge in [-0.15, -0.1) is 0 Å². The summed E-state index contributed by atoms with van der Waals surface area (Å²) in [5.74, 6) is 0.897. The van der Waals surface area contributed by atoms with E-state index in [0.717, 1.165) is 24.4 Å². The number of fused-ring (bicyclic) bond motifs is 1. The molecule has 17 heavy (non-hydrogen) atoms. The minimum absolute atomic E-state index is 0.866. The Bertz CT molecular complexity index is 600. The van der Waals surface area contributed by atoms with Crippen molar-refractivity contribution in [3.8, 4) is 0 Å². The third-order valence-electron chi connectivity index (χ3n) is 2.56. The summed E-state index contributed by atoms with van der Waals surface area (Å²) < 4.78 is 1.75. The van der Waals surface area contributed by atoms with Crippen molar-refractivity contribution >= 4 is 22.8 Å². The van der Waals surface area contributed by atoms with Gasteiger partial charge < -0.3 is 5.32 Å². The van der Waals surface area contributed by atoms with Crippen LogP contribution in [0.1, 0.15) is 5.56 Å². The van der Waals surface area contributed by atoms with Gasteiger partial charge in [0.25, 0.3) is 0 Å². The zero-order valence-corrected chi connectivity index (χ0v) is 10.0. The van der Waals surface area contributed by atoms with Gasteiger partial charge >= 0.3 is 0 Å². The summed E-state index contributed by atoms with van der Waals surface area (Å²) >= 11 is 1.73. The lowest BCUT2D eigenvalue weighted by Gasteiger charge is -2.04. The molecule has 0 saturated heterocycles. The van der Waals surface area contributed by atoms with E-state index in [0.29, 0.717) is 0 Å². The molecule has 0 aliphatic heterocycles. The molecule has 3 heterocycles. The van der Waals surface area contributed by atoms with Crippen molar-refractivity contribution in [1.29, 1.82) is 0 Å². The predicted octanol–water partition coefficient (Wildman–Crippen LogP) is 2.45. The monoisotopic (exact) mass is 244 g/mol. The molecule has 3 rings (SSSR count). The minimum Gasteiger partial charge on any atom is -0.370 e. The van der Waals surface area contributed by atoms with Crippen LogP contribution in [-0.2, 0) is 6.42 Å². The summed E-state index contributed by atoms with van der Waals surface area (Å²) in [4.78, 5) is 4.45. The van der Waals surface area contributed by atoms with Gasteiger partial charge in [-0.05, 0) is 34.9 Å². The van der Waals surface area contributed by atoms with Gasteiger partial charge in [0.1, 0.15) is 5.82 Å². The van der Waals surface area contributed by atoms with Gasteiger partial charge in [0.2, 0.25) is 0 Å². The van der Waals surface area contributed by atoms with Gasteiger partial charge in [0.15, 0.2) is 5.65 Å². The number of nitrogens with one attached hydrogen (secondary N) is 1. The number of hydrogen-bond acceptors (Lipinski definition) is 4. The molecule has 0 aromatic carbocycles. The average Bonchev–Trinajstić information content (AvgIpc) is 2.98. The average molecular weight is 244 g/mol. The summed E-state index contributed by atoms with van der Waals surface area (Å²) in [6.07, 6.45) is 4.68. The van der Waals surface area contributed by atoms with Crippen LogP contribution >= 0.6 is 11.3 Å². The van der Waals surface area contributed by atoms with Crippen LogP contribution in [0, 0.1) is 0 Å². The molecule has 5 heteroatoms. The third-order valence-corrected chi connectivity index (χ3v) is 3.29. The van der Waals surface area contributed by atoms with E-state index >= 15 is 0 Å². The van der Waals surface area contributed by atoms with Gasteiger partial charge in [0.05, 0.1) is 6.20 Å². The Morgan fingerprint density at radius 3 is 3.18 bits per heavy atom. The van der Waals surface area contributed by atoms with E-state index in [1.54, 1.807) is 22.0 Å². The molecule has 86 valence electrons. The van der Waals surface area contributed by atoms with Crippen molar-refractivity contribution in [3.63, 3.8) is 0 Å². The van der Waals surface area contributed by atoms with Crippen molar-refractivity contribution < 1.29 is 0 Å². The van der Waals surface area contributed by atoms with Crippen LogP contribution < -0.4 is 5.32 Å². The molecule has 1 N–H and O–H groups in total. The van der Waals surface area contributed by atoms with E-state index in [2.05, 4.69) is 32.2 Å². The zero-order valence-electron chi connectivity index (χ0n) is 9.21. The SMILES string of the molecule is c1cc2nc(NCCc3ccsc3)ccn2n1. The number of thiophene rings is 1. The molecule has 0 saturated carbocycles. The quantitative estimate of drug-likeness (QED) is 0.766. The number of hydrogen-bond donors (Lipinski definition) is 1. The first-order chi connectivity index (χ1) is 8.42. The first-order valence-corrected chi connectivity index (χ1v) is 6.41. The van der Waals surface area contributed by atoms with Crippen molar-refractivity contribution in [2.45, 2.75) is 6.42 Å². The van der Waals surface area contributed by atoms with Gasteiger partial charge in [-0.2, -0.15) is 16.4 Å². The van der Waals surface area contributed by atoms with Crippen molar-refractivity contribution in [1.82, 2.24) is 14.6 Å². The number of nitrogens with zero attached hydrogens (tertiary/aromatic N) is 3. The van der Waals surface area contributed by atoms with E-state index in [9.17, 15) is 0 Å². The Morgan fingerprint density at radius 2 is 2.29 bits per heavy atom. The lowest BCUT2D eigenvalue weighted by atomic mass is 10.2. The molecule has 4 nitrogen and oxygen atoms in total. The number of aromatic nitrogens is 3. The van der Waals surface area contributed by atoms with Crippen molar-refractivity contribution in [2.24, 2.45) is 0 Å². The van der Waals surface area contributed by atoms with Crippen LogP contribution in [0.2, 0.25) is 0 Å². The molecule has 0 bridgehead atoms. The molecular formula is C12H12N4S. The summed E-state index contributed by atoms with van der Waals surface area (Å²) in [6.45, 7) is 0.897. The van der Waals surface area contributed by atoms with Crippen LogP contribution in [0.5, 0.6) is 0 Å². The second-order valence-electron chi connectivity index (χ2n) is 3.76. The van der Waals surface area contributed by atoms with Gasteiger partial charge in [0, 0.05) is 18.8 Å². The van der Waals surface area contributed by atoms with Crippen LogP contribution in [0.15, 0.2) is 41.4 Å². The first-order valence-electron chi connectivity index (χ1n) is 5.47. The van der Waals surface area contributed by atoms with Crippen molar-refractivity contribution in [2.75, 3.05) is 11.9 Å². The highest BCUT2D eigenvalue weighted by Crippen LogP contribution is 2.08. The Kier molecular flexibility index (Phi) is 2.75. The summed E-state index contributed by atoms with van der Waals surface area (Å²) in [5.41, 5.74) is 2.23. The Labute approximate surface area is 103 Å². The van der Waals surface area contributed by atoms with E-state index in [1.807, 2.05) is 18.3 Å². The zero-order chi connectivity index (χ0) is 11.5. The Balaban J connectivity index is 1.64. The molecule has 0 aliphatic carbocycles. The predicted molar refractivity (Wildman–Crippen MR) is 69.5 cm³/mol. The second-order valence-corrected chi connectivity index (χ2v) is 4.54. The fraction of sp³-hybridized carbons (Fsp3) is 0.167. The summed E-state index contributed by atoms with van der Waals surface area (Å²) in [5, 5.41) is 11.7. The third kappa shape index (κ3) is 2.29. The summed E-state index contributed by atoms with van der Waals surface area (Å²) in [6, 6.07) is 5.98. The Morgan fingerprint density at radius 1 is 1.29 bits per heavy atom. The lowest BCUT2D eigenvalue weighted by molar-refractivity contribution is 0.933. The van der Waals surface area contributed by atoms with E-state index in [-0.39, 0.29) is 0 Å². The molecular weight excluding hydrogens is 232 g/mol. The number of anilines is 1. The highest BCUT2D eigenvalue weighted by atomic mass is 32.1.